The first-order chi connectivity index (χ1) is 7.54. The molecule has 0 atom stereocenters. The van der Waals surface area contributed by atoms with Crippen molar-refractivity contribution in [3.05, 3.63) is 30.6 Å². The molecule has 1 nitrogen and oxygen atoms in total. The minimum atomic E-state index is 0.884. The van der Waals surface area contributed by atoms with Gasteiger partial charge in [0.25, 0.3) is 0 Å². The molecule has 1 aromatic heterocycles. The third-order valence-corrected chi connectivity index (χ3v) is 2.20. The lowest BCUT2D eigenvalue weighted by molar-refractivity contribution is 0.626. The van der Waals surface area contributed by atoms with Crippen LogP contribution in [0.15, 0.2) is 30.6 Å². The standard InChI is InChI=1S/C5H5N.2C5H12/c1-2-4-6-5-3-1;2*1-4-5(2)3/h1-5H;2*5H,4H2,1-3H3. The maximum atomic E-state index is 3.78. The predicted molar refractivity (Wildman–Crippen MR) is 74.5 cm³/mol. The van der Waals surface area contributed by atoms with Gasteiger partial charge in [0.2, 0.25) is 0 Å². The molecule has 0 spiro atoms. The fourth-order valence-corrected chi connectivity index (χ4v) is 0.313. The van der Waals surface area contributed by atoms with Crippen LogP contribution in [0.5, 0.6) is 0 Å². The molecule has 1 heteroatoms. The smallest absolute Gasteiger partial charge is 0.0267 e. The zero-order valence-corrected chi connectivity index (χ0v) is 11.9. The summed E-state index contributed by atoms with van der Waals surface area (Å²) in [5, 5.41) is 0. The Morgan fingerprint density at radius 2 is 1.06 bits per heavy atom. The minimum Gasteiger partial charge on any atom is -0.265 e. The van der Waals surface area contributed by atoms with Gasteiger partial charge in [0.05, 0.1) is 0 Å². The van der Waals surface area contributed by atoms with E-state index >= 15 is 0 Å². The fourth-order valence-electron chi connectivity index (χ4n) is 0.313. The van der Waals surface area contributed by atoms with Gasteiger partial charge in [-0.25, -0.2) is 0 Å². The average molecular weight is 223 g/mol. The Labute approximate surface area is 102 Å². The van der Waals surface area contributed by atoms with E-state index in [9.17, 15) is 0 Å². The van der Waals surface area contributed by atoms with Crippen LogP contribution < -0.4 is 0 Å². The fraction of sp³-hybridized carbons (Fsp3) is 0.667. The third-order valence-electron chi connectivity index (χ3n) is 2.20. The largest absolute Gasteiger partial charge is 0.265 e. The summed E-state index contributed by atoms with van der Waals surface area (Å²) in [4.78, 5) is 3.78. The van der Waals surface area contributed by atoms with Gasteiger partial charge in [-0.1, -0.05) is 60.5 Å². The lowest BCUT2D eigenvalue weighted by Gasteiger charge is -1.90. The molecule has 0 N–H and O–H groups in total. The van der Waals surface area contributed by atoms with Crippen LogP contribution in [0.2, 0.25) is 0 Å². The summed E-state index contributed by atoms with van der Waals surface area (Å²) in [6.07, 6.45) is 6.11. The molecule has 1 heterocycles. The summed E-state index contributed by atoms with van der Waals surface area (Å²) in [7, 11) is 0. The van der Waals surface area contributed by atoms with Crippen molar-refractivity contribution in [1.29, 1.82) is 0 Å². The van der Waals surface area contributed by atoms with E-state index in [1.54, 1.807) is 12.4 Å². The van der Waals surface area contributed by atoms with E-state index in [1.165, 1.54) is 12.8 Å². The van der Waals surface area contributed by atoms with E-state index in [4.69, 9.17) is 0 Å². The quantitative estimate of drug-likeness (QED) is 0.672. The highest BCUT2D eigenvalue weighted by Crippen LogP contribution is 1.94. The molecule has 0 unspecified atom stereocenters. The lowest BCUT2D eigenvalue weighted by Crippen LogP contribution is -1.77. The molecule has 0 aliphatic carbocycles. The zero-order chi connectivity index (χ0) is 12.8. The van der Waals surface area contributed by atoms with Crippen LogP contribution in [-0.2, 0) is 0 Å². The number of hydrogen-bond donors (Lipinski definition) is 0. The van der Waals surface area contributed by atoms with Gasteiger partial charge in [0.15, 0.2) is 0 Å². The van der Waals surface area contributed by atoms with Crippen molar-refractivity contribution in [2.75, 3.05) is 0 Å². The molecule has 0 aliphatic rings. The van der Waals surface area contributed by atoms with Gasteiger partial charge in [-0.05, 0) is 24.0 Å². The second kappa shape index (κ2) is 14.2. The molecule has 0 saturated carbocycles. The molecule has 0 bridgehead atoms. The van der Waals surface area contributed by atoms with Gasteiger partial charge in [-0.15, -0.1) is 0 Å². The van der Waals surface area contributed by atoms with E-state index < -0.39 is 0 Å². The molecule has 1 aromatic rings. The van der Waals surface area contributed by atoms with Gasteiger partial charge < -0.3 is 0 Å². The van der Waals surface area contributed by atoms with Crippen molar-refractivity contribution >= 4 is 0 Å². The Hall–Kier alpha value is -0.850. The Morgan fingerprint density at radius 3 is 1.12 bits per heavy atom. The Morgan fingerprint density at radius 1 is 0.750 bits per heavy atom. The number of pyridine rings is 1. The topological polar surface area (TPSA) is 12.9 Å². The third kappa shape index (κ3) is 23.2. The van der Waals surface area contributed by atoms with Crippen molar-refractivity contribution in [3.8, 4) is 0 Å². The summed E-state index contributed by atoms with van der Waals surface area (Å²) in [5.74, 6) is 1.77. The maximum Gasteiger partial charge on any atom is 0.0267 e. The van der Waals surface area contributed by atoms with Gasteiger partial charge >= 0.3 is 0 Å². The van der Waals surface area contributed by atoms with Crippen LogP contribution >= 0.6 is 0 Å². The molecule has 1 rings (SSSR count). The number of rotatable bonds is 2. The maximum absolute atomic E-state index is 3.78. The molecule has 0 radical (unpaired) electrons. The van der Waals surface area contributed by atoms with E-state index in [-0.39, 0.29) is 0 Å². The van der Waals surface area contributed by atoms with Crippen molar-refractivity contribution in [2.45, 2.75) is 54.4 Å². The highest BCUT2D eigenvalue weighted by Gasteiger charge is 1.80. The molecule has 16 heavy (non-hydrogen) atoms. The van der Waals surface area contributed by atoms with Crippen LogP contribution in [0.1, 0.15) is 54.4 Å². The van der Waals surface area contributed by atoms with Crippen molar-refractivity contribution in [2.24, 2.45) is 11.8 Å². The van der Waals surface area contributed by atoms with Crippen LogP contribution in [0.3, 0.4) is 0 Å². The molecule has 94 valence electrons. The summed E-state index contributed by atoms with van der Waals surface area (Å²) in [5.41, 5.74) is 0. The predicted octanol–water partition coefficient (Wildman–Crippen LogP) is 5.19. The Balaban J connectivity index is 0. The second-order valence-corrected chi connectivity index (χ2v) is 4.63. The van der Waals surface area contributed by atoms with Crippen LogP contribution in [-0.4, -0.2) is 4.98 Å². The highest BCUT2D eigenvalue weighted by atomic mass is 14.6. The van der Waals surface area contributed by atoms with Gasteiger partial charge in [-0.2, -0.15) is 0 Å². The average Bonchev–Trinajstić information content (AvgIpc) is 2.32. The summed E-state index contributed by atoms with van der Waals surface area (Å²) >= 11 is 0. The van der Waals surface area contributed by atoms with Crippen LogP contribution in [0.25, 0.3) is 0 Å². The number of nitrogens with zero attached hydrogens (tertiary/aromatic N) is 1. The molecule has 0 amide bonds. The van der Waals surface area contributed by atoms with E-state index in [2.05, 4.69) is 46.5 Å². The SMILES string of the molecule is CCC(C)C.CCC(C)C.c1ccncc1. The zero-order valence-electron chi connectivity index (χ0n) is 11.9. The van der Waals surface area contributed by atoms with Gasteiger partial charge in [0, 0.05) is 12.4 Å². The first kappa shape index (κ1) is 17.5. The minimum absolute atomic E-state index is 0.884. The number of aromatic nitrogens is 1. The summed E-state index contributed by atoms with van der Waals surface area (Å²) in [6.45, 7) is 13.3. The van der Waals surface area contributed by atoms with Gasteiger partial charge in [0.1, 0.15) is 0 Å². The molecule has 0 saturated heterocycles. The molecular formula is C15H29N. The molecule has 0 aliphatic heterocycles. The van der Waals surface area contributed by atoms with E-state index in [0.717, 1.165) is 11.8 Å². The Kier molecular flexibility index (Phi) is 15.5. The molecule has 0 fully saturated rings. The van der Waals surface area contributed by atoms with Crippen molar-refractivity contribution in [3.63, 3.8) is 0 Å². The number of hydrogen-bond acceptors (Lipinski definition) is 1. The first-order valence-corrected chi connectivity index (χ1v) is 6.39. The second-order valence-electron chi connectivity index (χ2n) is 4.63. The molecule has 0 aromatic carbocycles. The van der Waals surface area contributed by atoms with Crippen LogP contribution in [0, 0.1) is 11.8 Å². The summed E-state index contributed by atoms with van der Waals surface area (Å²) in [6, 6.07) is 5.72. The van der Waals surface area contributed by atoms with Crippen molar-refractivity contribution < 1.29 is 0 Å². The summed E-state index contributed by atoms with van der Waals surface area (Å²) < 4.78 is 0. The van der Waals surface area contributed by atoms with Crippen LogP contribution in [0.4, 0.5) is 0 Å². The highest BCUT2D eigenvalue weighted by molar-refractivity contribution is 4.88. The first-order valence-electron chi connectivity index (χ1n) is 6.39. The van der Waals surface area contributed by atoms with E-state index in [1.807, 2.05) is 18.2 Å². The molecular weight excluding hydrogens is 194 g/mol. The lowest BCUT2D eigenvalue weighted by atomic mass is 10.2. The van der Waals surface area contributed by atoms with Gasteiger partial charge in [-0.3, -0.25) is 4.98 Å². The normalized spacial score (nSPS) is 9.00. The monoisotopic (exact) mass is 223 g/mol. The van der Waals surface area contributed by atoms with E-state index in [0.29, 0.717) is 0 Å². The van der Waals surface area contributed by atoms with Crippen molar-refractivity contribution in [1.82, 2.24) is 4.98 Å². The Bertz CT molecular complexity index is 157.